The largest absolute Gasteiger partial charge is 0.393 e. The lowest BCUT2D eigenvalue weighted by molar-refractivity contribution is -0.126. The van der Waals surface area contributed by atoms with Crippen LogP contribution in [0.1, 0.15) is 72.1 Å². The molecule has 8 atom stereocenters. The van der Waals surface area contributed by atoms with Gasteiger partial charge in [0, 0.05) is 5.92 Å². The maximum Gasteiger partial charge on any atom is 0.133 e. The van der Waals surface area contributed by atoms with E-state index in [2.05, 4.69) is 13.8 Å². The fourth-order valence-electron chi connectivity index (χ4n) is 7.68. The summed E-state index contributed by atoms with van der Waals surface area (Å²) < 4.78 is 0. The number of fused-ring (bicyclic) bond motifs is 5. The van der Waals surface area contributed by atoms with Crippen LogP contribution in [-0.2, 0) is 4.79 Å². The molecule has 4 aliphatic carbocycles. The Labute approximate surface area is 135 Å². The number of hydrogen-bond acceptors (Lipinski definition) is 2. The third kappa shape index (κ3) is 1.85. The Bertz CT molecular complexity index is 486. The zero-order valence-electron chi connectivity index (χ0n) is 14.5. The van der Waals surface area contributed by atoms with E-state index in [0.29, 0.717) is 17.1 Å². The van der Waals surface area contributed by atoms with Gasteiger partial charge < -0.3 is 5.11 Å². The standard InChI is InChI=1S/C20H32O2/c1-12(21)16-4-5-17-15-11-13-10-14(22)6-8-19(13,2)18(15)7-9-20(16,17)3/h13-18,22H,4-11H2,1-3H3/t13-,14-,15+,16-,17+,18+,19+,20-/m1/s1. The van der Waals surface area contributed by atoms with Gasteiger partial charge in [-0.1, -0.05) is 13.8 Å². The number of hydrogen-bond donors (Lipinski definition) is 1. The second-order valence-electron chi connectivity index (χ2n) is 9.53. The van der Waals surface area contributed by atoms with Gasteiger partial charge in [0.15, 0.2) is 0 Å². The van der Waals surface area contributed by atoms with Crippen molar-refractivity contribution >= 4 is 5.78 Å². The van der Waals surface area contributed by atoms with E-state index in [1.165, 1.54) is 32.1 Å². The van der Waals surface area contributed by atoms with Crippen molar-refractivity contribution in [1.82, 2.24) is 0 Å². The zero-order valence-corrected chi connectivity index (χ0v) is 14.5. The van der Waals surface area contributed by atoms with Crippen molar-refractivity contribution in [2.75, 3.05) is 0 Å². The minimum absolute atomic E-state index is 0.0573. The van der Waals surface area contributed by atoms with Crippen LogP contribution in [-0.4, -0.2) is 17.0 Å². The van der Waals surface area contributed by atoms with Crippen molar-refractivity contribution in [2.45, 2.75) is 78.2 Å². The second kappa shape index (κ2) is 4.82. The van der Waals surface area contributed by atoms with Crippen LogP contribution in [0.4, 0.5) is 0 Å². The Hall–Kier alpha value is -0.370. The molecule has 0 aromatic carbocycles. The van der Waals surface area contributed by atoms with Crippen LogP contribution in [0.15, 0.2) is 0 Å². The fourth-order valence-corrected chi connectivity index (χ4v) is 7.68. The van der Waals surface area contributed by atoms with Gasteiger partial charge in [-0.3, -0.25) is 4.79 Å². The summed E-state index contributed by atoms with van der Waals surface area (Å²) in [7, 11) is 0. The predicted octanol–water partition coefficient (Wildman–Crippen LogP) is 4.21. The van der Waals surface area contributed by atoms with Gasteiger partial charge in [-0.15, -0.1) is 0 Å². The molecule has 4 rings (SSSR count). The summed E-state index contributed by atoms with van der Waals surface area (Å²) in [5, 5.41) is 10.1. The van der Waals surface area contributed by atoms with E-state index in [1.807, 2.05) is 6.92 Å². The number of carbonyl (C=O) groups is 1. The van der Waals surface area contributed by atoms with E-state index < -0.39 is 0 Å². The van der Waals surface area contributed by atoms with Crippen molar-refractivity contribution in [3.05, 3.63) is 0 Å². The lowest BCUT2D eigenvalue weighted by atomic mass is 9.54. The van der Waals surface area contributed by atoms with Crippen molar-refractivity contribution in [1.29, 1.82) is 0 Å². The molecule has 0 aromatic heterocycles. The van der Waals surface area contributed by atoms with Gasteiger partial charge in [-0.2, -0.15) is 0 Å². The monoisotopic (exact) mass is 304 g/mol. The number of aliphatic hydroxyl groups is 1. The lowest BCUT2D eigenvalue weighted by Gasteiger charge is -2.50. The summed E-state index contributed by atoms with van der Waals surface area (Å²) in [4.78, 5) is 12.1. The van der Waals surface area contributed by atoms with E-state index in [9.17, 15) is 9.90 Å². The zero-order chi connectivity index (χ0) is 15.7. The molecule has 4 fully saturated rings. The smallest absolute Gasteiger partial charge is 0.133 e. The highest BCUT2D eigenvalue weighted by molar-refractivity contribution is 5.79. The highest BCUT2D eigenvalue weighted by atomic mass is 16.3. The highest BCUT2D eigenvalue weighted by Crippen LogP contribution is 2.69. The molecule has 2 nitrogen and oxygen atoms in total. The molecule has 0 bridgehead atoms. The highest BCUT2D eigenvalue weighted by Gasteiger charge is 2.62. The van der Waals surface area contributed by atoms with Crippen LogP contribution in [0.3, 0.4) is 0 Å². The van der Waals surface area contributed by atoms with Crippen molar-refractivity contribution in [2.24, 2.45) is 40.4 Å². The maximum atomic E-state index is 12.1. The van der Waals surface area contributed by atoms with E-state index in [4.69, 9.17) is 0 Å². The third-order valence-corrected chi connectivity index (χ3v) is 8.84. The maximum absolute atomic E-state index is 12.1. The molecule has 22 heavy (non-hydrogen) atoms. The Morgan fingerprint density at radius 2 is 1.64 bits per heavy atom. The molecular formula is C20H32O2. The molecule has 0 unspecified atom stereocenters. The molecule has 4 aliphatic rings. The molecule has 0 aromatic rings. The van der Waals surface area contributed by atoms with Gasteiger partial charge in [-0.25, -0.2) is 0 Å². The van der Waals surface area contributed by atoms with E-state index in [-0.39, 0.29) is 11.5 Å². The van der Waals surface area contributed by atoms with Crippen molar-refractivity contribution in [3.8, 4) is 0 Å². The Morgan fingerprint density at radius 1 is 0.955 bits per heavy atom. The molecule has 2 heteroatoms. The van der Waals surface area contributed by atoms with Gasteiger partial charge in [0.2, 0.25) is 0 Å². The first kappa shape index (κ1) is 15.2. The van der Waals surface area contributed by atoms with E-state index >= 15 is 0 Å². The van der Waals surface area contributed by atoms with Crippen LogP contribution in [0.2, 0.25) is 0 Å². The van der Waals surface area contributed by atoms with Crippen molar-refractivity contribution in [3.63, 3.8) is 0 Å². The average Bonchev–Trinajstić information content (AvgIpc) is 2.93. The molecule has 0 spiro atoms. The fraction of sp³-hybridized carbons (Fsp3) is 0.950. The van der Waals surface area contributed by atoms with Gasteiger partial charge >= 0.3 is 0 Å². The summed E-state index contributed by atoms with van der Waals surface area (Å²) in [6.45, 7) is 6.76. The third-order valence-electron chi connectivity index (χ3n) is 8.84. The molecule has 124 valence electrons. The summed E-state index contributed by atoms with van der Waals surface area (Å²) in [5.74, 6) is 3.92. The average molecular weight is 304 g/mol. The Kier molecular flexibility index (Phi) is 3.32. The number of rotatable bonds is 1. The van der Waals surface area contributed by atoms with Crippen LogP contribution in [0.25, 0.3) is 0 Å². The summed E-state index contributed by atoms with van der Waals surface area (Å²) >= 11 is 0. The minimum Gasteiger partial charge on any atom is -0.393 e. The first-order chi connectivity index (χ1) is 10.4. The molecule has 0 radical (unpaired) electrons. The minimum atomic E-state index is -0.0573. The summed E-state index contributed by atoms with van der Waals surface area (Å²) in [6, 6.07) is 0. The number of carbonyl (C=O) groups excluding carboxylic acids is 1. The SMILES string of the molecule is CC(=O)[C@H]1CC[C@H]2[C@@H]3C[C@H]4C[C@H](O)CC[C@]4(C)[C@H]3CC[C@]12C. The topological polar surface area (TPSA) is 37.3 Å². The first-order valence-corrected chi connectivity index (χ1v) is 9.55. The van der Waals surface area contributed by atoms with E-state index in [1.54, 1.807) is 0 Å². The van der Waals surface area contributed by atoms with Crippen molar-refractivity contribution < 1.29 is 9.90 Å². The van der Waals surface area contributed by atoms with E-state index in [0.717, 1.165) is 42.9 Å². The second-order valence-corrected chi connectivity index (χ2v) is 9.53. The number of Topliss-reactive ketones (excluding diaryl/α,β-unsaturated/α-hetero) is 1. The van der Waals surface area contributed by atoms with Crippen LogP contribution in [0.5, 0.6) is 0 Å². The molecule has 0 amide bonds. The van der Waals surface area contributed by atoms with Crippen LogP contribution >= 0.6 is 0 Å². The van der Waals surface area contributed by atoms with Gasteiger partial charge in [0.1, 0.15) is 5.78 Å². The number of aliphatic hydroxyl groups excluding tert-OH is 1. The number of ketones is 1. The van der Waals surface area contributed by atoms with Gasteiger partial charge in [0.25, 0.3) is 0 Å². The van der Waals surface area contributed by atoms with Crippen LogP contribution < -0.4 is 0 Å². The summed E-state index contributed by atoms with van der Waals surface area (Å²) in [6.07, 6.45) is 9.51. The quantitative estimate of drug-likeness (QED) is 0.788. The molecule has 0 heterocycles. The summed E-state index contributed by atoms with van der Waals surface area (Å²) in [5.41, 5.74) is 0.745. The normalized spacial score (nSPS) is 57.1. The lowest BCUT2D eigenvalue weighted by Crippen LogP contribution is -2.45. The van der Waals surface area contributed by atoms with Crippen LogP contribution in [0, 0.1) is 40.4 Å². The molecule has 0 saturated heterocycles. The first-order valence-electron chi connectivity index (χ1n) is 9.55. The van der Waals surface area contributed by atoms with Gasteiger partial charge in [0.05, 0.1) is 6.10 Å². The molecular weight excluding hydrogens is 272 g/mol. The molecule has 0 aliphatic heterocycles. The molecule has 1 N–H and O–H groups in total. The van der Waals surface area contributed by atoms with Gasteiger partial charge in [-0.05, 0) is 92.8 Å². The molecule has 4 saturated carbocycles. The Morgan fingerprint density at radius 3 is 2.36 bits per heavy atom. The Balaban J connectivity index is 1.64. The predicted molar refractivity (Wildman–Crippen MR) is 87.3 cm³/mol.